The van der Waals surface area contributed by atoms with Crippen molar-refractivity contribution in [3.63, 3.8) is 0 Å². The second-order valence-electron chi connectivity index (χ2n) is 4.31. The predicted octanol–water partition coefficient (Wildman–Crippen LogP) is 1.21. The first-order valence-electron chi connectivity index (χ1n) is 5.98. The molecule has 0 spiro atoms. The molecular weight excluding hydrogens is 395 g/mol. The summed E-state index contributed by atoms with van der Waals surface area (Å²) in [7, 11) is -3.32. The average molecular weight is 412 g/mol. The van der Waals surface area contributed by atoms with E-state index in [2.05, 4.69) is 27.3 Å². The number of carbonyl (C=O) groups is 1. The van der Waals surface area contributed by atoms with Gasteiger partial charge in [0.05, 0.1) is 5.75 Å². The number of aliphatic carboxylic acids is 1. The van der Waals surface area contributed by atoms with Gasteiger partial charge < -0.3 is 10.8 Å². The summed E-state index contributed by atoms with van der Waals surface area (Å²) in [5, 5.41) is 8.72. The Kier molecular flexibility index (Phi) is 6.69. The average Bonchev–Trinajstić information content (AvgIpc) is 2.38. The molecule has 0 saturated heterocycles. The second-order valence-corrected chi connectivity index (χ2v) is 7.23. The van der Waals surface area contributed by atoms with Crippen LogP contribution in [0.3, 0.4) is 0 Å². The maximum absolute atomic E-state index is 11.7. The highest BCUT2D eigenvalue weighted by Gasteiger charge is 2.13. The highest BCUT2D eigenvalue weighted by molar-refractivity contribution is 14.1. The summed E-state index contributed by atoms with van der Waals surface area (Å²) in [4.78, 5) is 10.6. The molecule has 0 aliphatic carbocycles. The molecule has 6 nitrogen and oxygen atoms in total. The van der Waals surface area contributed by atoms with E-state index in [0.717, 1.165) is 9.99 Å². The van der Waals surface area contributed by atoms with E-state index >= 15 is 0 Å². The Morgan fingerprint density at radius 3 is 2.45 bits per heavy atom. The number of anilines is 1. The molecule has 112 valence electrons. The molecule has 0 bridgehead atoms. The number of alkyl halides is 1. The lowest BCUT2D eigenvalue weighted by molar-refractivity contribution is -0.138. The molecule has 0 aromatic heterocycles. The van der Waals surface area contributed by atoms with Crippen LogP contribution >= 0.6 is 22.6 Å². The zero-order valence-corrected chi connectivity index (χ0v) is 13.7. The quantitative estimate of drug-likeness (QED) is 0.439. The Morgan fingerprint density at radius 2 is 1.95 bits per heavy atom. The molecule has 0 saturated carbocycles. The van der Waals surface area contributed by atoms with Crippen molar-refractivity contribution >= 4 is 44.3 Å². The van der Waals surface area contributed by atoms with Gasteiger partial charge in [-0.25, -0.2) is 8.42 Å². The minimum atomic E-state index is -3.32. The lowest BCUT2D eigenvalue weighted by atomic mass is 10.1. The third-order valence-corrected chi connectivity index (χ3v) is 4.68. The van der Waals surface area contributed by atoms with Gasteiger partial charge in [0, 0.05) is 10.1 Å². The van der Waals surface area contributed by atoms with Gasteiger partial charge in [0.15, 0.2) is 0 Å². The largest absolute Gasteiger partial charge is 0.480 e. The van der Waals surface area contributed by atoms with Crippen LogP contribution in [-0.2, 0) is 21.2 Å². The number of halogens is 1. The minimum Gasteiger partial charge on any atom is -0.480 e. The number of hydrogen-bond donors (Lipinski definition) is 3. The molecule has 0 fully saturated rings. The van der Waals surface area contributed by atoms with Gasteiger partial charge in [0.2, 0.25) is 10.0 Å². The van der Waals surface area contributed by atoms with Crippen LogP contribution in [0.1, 0.15) is 12.0 Å². The maximum Gasteiger partial charge on any atom is 0.320 e. The number of hydrogen-bond acceptors (Lipinski definition) is 4. The highest BCUT2D eigenvalue weighted by Crippen LogP contribution is 2.13. The zero-order chi connectivity index (χ0) is 15.2. The highest BCUT2D eigenvalue weighted by atomic mass is 127. The van der Waals surface area contributed by atoms with Gasteiger partial charge in [0.1, 0.15) is 6.04 Å². The Bertz CT molecular complexity index is 545. The summed E-state index contributed by atoms with van der Waals surface area (Å²) < 4.78 is 26.7. The molecule has 1 unspecified atom stereocenters. The van der Waals surface area contributed by atoms with Crippen LogP contribution in [0.25, 0.3) is 0 Å². The summed E-state index contributed by atoms with van der Waals surface area (Å²) in [6, 6.07) is 5.58. The molecule has 1 aromatic rings. The van der Waals surface area contributed by atoms with Crippen molar-refractivity contribution in [2.24, 2.45) is 5.73 Å². The van der Waals surface area contributed by atoms with E-state index in [-0.39, 0.29) is 12.2 Å². The van der Waals surface area contributed by atoms with E-state index in [1.54, 1.807) is 24.3 Å². The Morgan fingerprint density at radius 1 is 1.35 bits per heavy atom. The van der Waals surface area contributed by atoms with Crippen LogP contribution in [0.5, 0.6) is 0 Å². The van der Waals surface area contributed by atoms with Crippen LogP contribution in [-0.4, -0.2) is 35.7 Å². The molecule has 0 aliphatic heterocycles. The van der Waals surface area contributed by atoms with Crippen molar-refractivity contribution in [1.82, 2.24) is 0 Å². The van der Waals surface area contributed by atoms with Crippen molar-refractivity contribution in [2.75, 3.05) is 14.9 Å². The predicted molar refractivity (Wildman–Crippen MR) is 86.7 cm³/mol. The summed E-state index contributed by atoms with van der Waals surface area (Å²) in [5.74, 6) is -0.977. The van der Waals surface area contributed by atoms with Gasteiger partial charge in [-0.1, -0.05) is 34.7 Å². The molecule has 0 radical (unpaired) electrons. The normalized spacial score (nSPS) is 12.9. The van der Waals surface area contributed by atoms with Crippen molar-refractivity contribution in [3.8, 4) is 0 Å². The lowest BCUT2D eigenvalue weighted by Gasteiger charge is -2.09. The zero-order valence-electron chi connectivity index (χ0n) is 10.8. The monoisotopic (exact) mass is 412 g/mol. The topological polar surface area (TPSA) is 109 Å². The van der Waals surface area contributed by atoms with Crippen LogP contribution in [0.2, 0.25) is 0 Å². The molecule has 1 atom stereocenters. The number of carboxylic acid groups (broad SMARTS) is 1. The standard InChI is InChI=1S/C12H17IN2O4S/c13-6-1-7-20(18,19)15-10-4-2-9(3-5-10)8-11(14)12(16)17/h2-5,11,15H,1,6-8,14H2,(H,16,17). The van der Waals surface area contributed by atoms with Gasteiger partial charge in [-0.15, -0.1) is 0 Å². The smallest absolute Gasteiger partial charge is 0.320 e. The first-order chi connectivity index (χ1) is 9.34. The molecule has 0 amide bonds. The number of nitrogens with one attached hydrogen (secondary N) is 1. The van der Waals surface area contributed by atoms with Crippen molar-refractivity contribution in [3.05, 3.63) is 29.8 Å². The number of nitrogens with two attached hydrogens (primary N) is 1. The van der Waals surface area contributed by atoms with Crippen LogP contribution in [0, 0.1) is 0 Å². The molecule has 1 aromatic carbocycles. The van der Waals surface area contributed by atoms with E-state index in [1.165, 1.54) is 0 Å². The second kappa shape index (κ2) is 7.79. The number of benzene rings is 1. The first kappa shape index (κ1) is 17.2. The summed E-state index contributed by atoms with van der Waals surface area (Å²) in [6.07, 6.45) is 0.804. The molecule has 0 aliphatic rings. The van der Waals surface area contributed by atoms with Crippen molar-refractivity contribution < 1.29 is 18.3 Å². The van der Waals surface area contributed by atoms with Crippen LogP contribution in [0.4, 0.5) is 5.69 Å². The fraction of sp³-hybridized carbons (Fsp3) is 0.417. The van der Waals surface area contributed by atoms with Gasteiger partial charge in [-0.3, -0.25) is 9.52 Å². The van der Waals surface area contributed by atoms with E-state index in [4.69, 9.17) is 10.8 Å². The number of sulfonamides is 1. The third-order valence-electron chi connectivity index (χ3n) is 2.55. The maximum atomic E-state index is 11.7. The van der Waals surface area contributed by atoms with E-state index in [9.17, 15) is 13.2 Å². The van der Waals surface area contributed by atoms with E-state index < -0.39 is 22.0 Å². The molecule has 4 N–H and O–H groups in total. The van der Waals surface area contributed by atoms with Crippen molar-refractivity contribution in [1.29, 1.82) is 0 Å². The Labute approximate surface area is 131 Å². The minimum absolute atomic E-state index is 0.0849. The fourth-order valence-electron chi connectivity index (χ4n) is 1.53. The molecule has 0 heterocycles. The Balaban J connectivity index is 2.65. The first-order valence-corrected chi connectivity index (χ1v) is 9.15. The summed E-state index contributed by atoms with van der Waals surface area (Å²) >= 11 is 2.13. The SMILES string of the molecule is NC(Cc1ccc(NS(=O)(=O)CCCI)cc1)C(=O)O. The van der Waals surface area contributed by atoms with Gasteiger partial charge in [0.25, 0.3) is 0 Å². The van der Waals surface area contributed by atoms with Gasteiger partial charge >= 0.3 is 5.97 Å². The molecular formula is C12H17IN2O4S. The van der Waals surface area contributed by atoms with Crippen molar-refractivity contribution in [2.45, 2.75) is 18.9 Å². The molecule has 1 rings (SSSR count). The molecule has 8 heteroatoms. The summed E-state index contributed by atoms with van der Waals surface area (Å²) in [5.41, 5.74) is 6.64. The van der Waals surface area contributed by atoms with E-state index in [0.29, 0.717) is 12.1 Å². The fourth-order valence-corrected chi connectivity index (χ4v) is 3.55. The summed E-state index contributed by atoms with van der Waals surface area (Å²) in [6.45, 7) is 0. The van der Waals surface area contributed by atoms with Crippen LogP contribution in [0.15, 0.2) is 24.3 Å². The Hall–Kier alpha value is -0.870. The lowest BCUT2D eigenvalue weighted by Crippen LogP contribution is -2.32. The number of rotatable bonds is 8. The number of carboxylic acids is 1. The third kappa shape index (κ3) is 6.06. The molecule has 20 heavy (non-hydrogen) atoms. The van der Waals surface area contributed by atoms with E-state index in [1.807, 2.05) is 0 Å². The van der Waals surface area contributed by atoms with Crippen LogP contribution < -0.4 is 10.5 Å². The van der Waals surface area contributed by atoms with Gasteiger partial charge in [-0.05, 0) is 30.5 Å². The van der Waals surface area contributed by atoms with Gasteiger partial charge in [-0.2, -0.15) is 0 Å².